The van der Waals surface area contributed by atoms with Crippen molar-refractivity contribution < 1.29 is 17.2 Å². The van der Waals surface area contributed by atoms with Gasteiger partial charge in [0.25, 0.3) is 0 Å². The Morgan fingerprint density at radius 3 is 2.30 bits per heavy atom. The van der Waals surface area contributed by atoms with Gasteiger partial charge in [0.1, 0.15) is 11.6 Å². The highest BCUT2D eigenvalue weighted by Gasteiger charge is 2.10. The van der Waals surface area contributed by atoms with E-state index in [1.165, 1.54) is 24.3 Å². The number of hydrogen-bond acceptors (Lipinski definition) is 2. The van der Waals surface area contributed by atoms with Crippen molar-refractivity contribution in [3.05, 3.63) is 53.1 Å². The number of halogens is 3. The average Bonchev–Trinajstić information content (AvgIpc) is 2.31. The Hall–Kier alpha value is -1.66. The summed E-state index contributed by atoms with van der Waals surface area (Å²) in [5.41, 5.74) is 0.568. The molecule has 0 amide bonds. The lowest BCUT2D eigenvalue weighted by atomic mass is 10.0. The van der Waals surface area contributed by atoms with E-state index in [0.29, 0.717) is 5.56 Å². The van der Waals surface area contributed by atoms with Gasteiger partial charge in [0, 0.05) is 5.56 Å². The molecule has 1 N–H and O–H groups in total. The SMILES string of the molecule is CS(=O)(=O)Nc1ccc(-c2ccc(Cl)c(F)c2)c(F)c1. The largest absolute Gasteiger partial charge is 0.284 e. The minimum atomic E-state index is -3.48. The average molecular weight is 318 g/mol. The van der Waals surface area contributed by atoms with Gasteiger partial charge in [-0.1, -0.05) is 17.7 Å². The van der Waals surface area contributed by atoms with Gasteiger partial charge >= 0.3 is 0 Å². The van der Waals surface area contributed by atoms with Gasteiger partial charge < -0.3 is 0 Å². The number of hydrogen-bond donors (Lipinski definition) is 1. The van der Waals surface area contributed by atoms with E-state index in [1.54, 1.807) is 0 Å². The molecule has 0 heterocycles. The summed E-state index contributed by atoms with van der Waals surface area (Å²) < 4.78 is 51.6. The van der Waals surface area contributed by atoms with Gasteiger partial charge in [0.2, 0.25) is 10.0 Å². The van der Waals surface area contributed by atoms with Crippen molar-refractivity contribution in [1.29, 1.82) is 0 Å². The van der Waals surface area contributed by atoms with Crippen LogP contribution in [0.15, 0.2) is 36.4 Å². The van der Waals surface area contributed by atoms with Gasteiger partial charge in [0.15, 0.2) is 0 Å². The Balaban J connectivity index is 2.41. The number of sulfonamides is 1. The van der Waals surface area contributed by atoms with E-state index in [2.05, 4.69) is 4.72 Å². The molecule has 3 nitrogen and oxygen atoms in total. The summed E-state index contributed by atoms with van der Waals surface area (Å²) >= 11 is 5.56. The summed E-state index contributed by atoms with van der Waals surface area (Å²) in [5.74, 6) is -1.32. The maximum Gasteiger partial charge on any atom is 0.229 e. The molecule has 0 atom stereocenters. The topological polar surface area (TPSA) is 46.2 Å². The van der Waals surface area contributed by atoms with Crippen molar-refractivity contribution in [3.8, 4) is 11.1 Å². The van der Waals surface area contributed by atoms with Crippen LogP contribution >= 0.6 is 11.6 Å². The van der Waals surface area contributed by atoms with Crippen LogP contribution in [0.5, 0.6) is 0 Å². The third kappa shape index (κ3) is 3.46. The molecule has 0 aliphatic heterocycles. The molecule has 0 spiro atoms. The lowest BCUT2D eigenvalue weighted by Gasteiger charge is -2.08. The van der Waals surface area contributed by atoms with E-state index >= 15 is 0 Å². The van der Waals surface area contributed by atoms with E-state index in [4.69, 9.17) is 11.6 Å². The number of nitrogens with one attached hydrogen (secondary N) is 1. The van der Waals surface area contributed by atoms with Gasteiger partial charge in [-0.15, -0.1) is 0 Å². The molecule has 2 aromatic rings. The van der Waals surface area contributed by atoms with Crippen molar-refractivity contribution in [2.45, 2.75) is 0 Å². The van der Waals surface area contributed by atoms with Crippen LogP contribution in [-0.2, 0) is 10.0 Å². The quantitative estimate of drug-likeness (QED) is 0.939. The first kappa shape index (κ1) is 14.7. The van der Waals surface area contributed by atoms with Crippen LogP contribution in [0.4, 0.5) is 14.5 Å². The lowest BCUT2D eigenvalue weighted by Crippen LogP contribution is -2.09. The zero-order valence-corrected chi connectivity index (χ0v) is 11.9. The van der Waals surface area contributed by atoms with E-state index < -0.39 is 21.7 Å². The molecule has 20 heavy (non-hydrogen) atoms. The molecule has 106 valence electrons. The molecule has 0 aliphatic rings. The maximum absolute atomic E-state index is 14.0. The second-order valence-corrected chi connectivity index (χ2v) is 6.35. The molecule has 0 aliphatic carbocycles. The summed E-state index contributed by atoms with van der Waals surface area (Å²) in [4.78, 5) is 0. The van der Waals surface area contributed by atoms with Gasteiger partial charge in [-0.3, -0.25) is 4.72 Å². The molecule has 0 fully saturated rings. The van der Waals surface area contributed by atoms with Gasteiger partial charge in [0.05, 0.1) is 17.0 Å². The summed E-state index contributed by atoms with van der Waals surface area (Å²) in [7, 11) is -3.48. The number of anilines is 1. The Bertz CT molecular complexity index is 763. The summed E-state index contributed by atoms with van der Waals surface area (Å²) in [6.45, 7) is 0. The fraction of sp³-hybridized carbons (Fsp3) is 0.0769. The first-order valence-electron chi connectivity index (χ1n) is 5.49. The molecule has 0 saturated carbocycles. The van der Waals surface area contributed by atoms with Crippen molar-refractivity contribution in [2.75, 3.05) is 11.0 Å². The summed E-state index contributed by atoms with van der Waals surface area (Å²) in [5, 5.41) is -0.0514. The van der Waals surface area contributed by atoms with Gasteiger partial charge in [-0.2, -0.15) is 0 Å². The highest BCUT2D eigenvalue weighted by atomic mass is 35.5. The molecule has 0 aromatic heterocycles. The highest BCUT2D eigenvalue weighted by molar-refractivity contribution is 7.92. The van der Waals surface area contributed by atoms with Crippen LogP contribution < -0.4 is 4.72 Å². The third-order valence-corrected chi connectivity index (χ3v) is 3.42. The molecule has 0 unspecified atom stereocenters. The second-order valence-electron chi connectivity index (χ2n) is 4.20. The molecule has 2 rings (SSSR count). The monoisotopic (exact) mass is 317 g/mol. The number of rotatable bonds is 3. The smallest absolute Gasteiger partial charge is 0.229 e. The Labute approximate surface area is 120 Å². The predicted octanol–water partition coefficient (Wildman–Crippen LogP) is 3.66. The van der Waals surface area contributed by atoms with Crippen LogP contribution in [0.1, 0.15) is 0 Å². The van der Waals surface area contributed by atoms with Crippen LogP contribution in [0.3, 0.4) is 0 Å². The number of benzene rings is 2. The Morgan fingerprint density at radius 2 is 1.75 bits per heavy atom. The van der Waals surface area contributed by atoms with Crippen molar-refractivity contribution >= 4 is 27.3 Å². The molecule has 0 bridgehead atoms. The van der Waals surface area contributed by atoms with Crippen LogP contribution in [-0.4, -0.2) is 14.7 Å². The third-order valence-electron chi connectivity index (χ3n) is 2.50. The standard InChI is InChI=1S/C13H10ClF2NO2S/c1-20(18,19)17-9-3-4-10(12(15)7-9)8-2-5-11(14)13(16)6-8/h2-7,17H,1H3. The van der Waals surface area contributed by atoms with E-state index in [1.807, 2.05) is 0 Å². The summed E-state index contributed by atoms with van der Waals surface area (Å²) in [6, 6.07) is 7.71. The zero-order valence-electron chi connectivity index (χ0n) is 10.3. The van der Waals surface area contributed by atoms with Crippen molar-refractivity contribution in [1.82, 2.24) is 0 Å². The first-order valence-corrected chi connectivity index (χ1v) is 7.76. The molecule has 2 aromatic carbocycles. The maximum atomic E-state index is 14.0. The van der Waals surface area contributed by atoms with E-state index in [-0.39, 0.29) is 16.3 Å². The Morgan fingerprint density at radius 1 is 1.05 bits per heavy atom. The fourth-order valence-corrected chi connectivity index (χ4v) is 2.36. The molecular weight excluding hydrogens is 308 g/mol. The minimum absolute atomic E-state index is 0.0514. The minimum Gasteiger partial charge on any atom is -0.284 e. The zero-order chi connectivity index (χ0) is 14.9. The normalized spacial score (nSPS) is 11.4. The molecule has 0 radical (unpaired) electrons. The van der Waals surface area contributed by atoms with Gasteiger partial charge in [-0.25, -0.2) is 17.2 Å². The highest BCUT2D eigenvalue weighted by Crippen LogP contribution is 2.28. The predicted molar refractivity (Wildman–Crippen MR) is 75.3 cm³/mol. The summed E-state index contributed by atoms with van der Waals surface area (Å²) in [6.07, 6.45) is 0.966. The van der Waals surface area contributed by atoms with Crippen LogP contribution in [0.25, 0.3) is 11.1 Å². The molecule has 0 saturated heterocycles. The van der Waals surface area contributed by atoms with Crippen molar-refractivity contribution in [2.24, 2.45) is 0 Å². The first-order chi connectivity index (χ1) is 9.26. The van der Waals surface area contributed by atoms with Gasteiger partial charge in [-0.05, 0) is 35.9 Å². The van der Waals surface area contributed by atoms with Crippen LogP contribution in [0.2, 0.25) is 5.02 Å². The molecule has 7 heteroatoms. The molecular formula is C13H10ClF2NO2S. The van der Waals surface area contributed by atoms with Crippen LogP contribution in [0, 0.1) is 11.6 Å². The second kappa shape index (κ2) is 5.38. The fourth-order valence-electron chi connectivity index (χ4n) is 1.69. The van der Waals surface area contributed by atoms with E-state index in [9.17, 15) is 17.2 Å². The lowest BCUT2D eigenvalue weighted by molar-refractivity contribution is 0.606. The van der Waals surface area contributed by atoms with E-state index in [0.717, 1.165) is 18.4 Å². The Kier molecular flexibility index (Phi) is 3.96. The van der Waals surface area contributed by atoms with Crippen molar-refractivity contribution in [3.63, 3.8) is 0 Å².